The number of aromatic nitrogens is 2. The highest BCUT2D eigenvalue weighted by molar-refractivity contribution is 5.99. The molecule has 1 aromatic carbocycles. The third-order valence-corrected chi connectivity index (χ3v) is 4.22. The van der Waals surface area contributed by atoms with Crippen LogP contribution in [0.15, 0.2) is 30.6 Å². The van der Waals surface area contributed by atoms with E-state index in [2.05, 4.69) is 15.7 Å². The monoisotopic (exact) mass is 357 g/mol. The molecule has 0 spiro atoms. The zero-order valence-electron chi connectivity index (χ0n) is 15.9. The molecule has 0 saturated heterocycles. The molecule has 26 heavy (non-hydrogen) atoms. The second-order valence-corrected chi connectivity index (χ2v) is 6.32. The SMILES string of the molecule is CCNC(=O)c1cccc(NC(=O)N(C)CCCc2cnn(C)c2)c1C. The number of urea groups is 1. The van der Waals surface area contributed by atoms with Gasteiger partial charge in [-0.2, -0.15) is 5.10 Å². The molecule has 1 aromatic heterocycles. The van der Waals surface area contributed by atoms with E-state index < -0.39 is 0 Å². The summed E-state index contributed by atoms with van der Waals surface area (Å²) in [5.74, 6) is -0.133. The quantitative estimate of drug-likeness (QED) is 0.799. The van der Waals surface area contributed by atoms with Crippen molar-refractivity contribution in [3.05, 3.63) is 47.3 Å². The van der Waals surface area contributed by atoms with Crippen LogP contribution in [-0.4, -0.2) is 46.8 Å². The molecule has 0 saturated carbocycles. The second kappa shape index (κ2) is 9.03. The number of hydrogen-bond donors (Lipinski definition) is 2. The van der Waals surface area contributed by atoms with Gasteiger partial charge in [0.1, 0.15) is 0 Å². The van der Waals surface area contributed by atoms with Crippen molar-refractivity contribution in [2.75, 3.05) is 25.5 Å². The number of carbonyl (C=O) groups is 2. The van der Waals surface area contributed by atoms with Gasteiger partial charge >= 0.3 is 6.03 Å². The Morgan fingerprint density at radius 1 is 1.31 bits per heavy atom. The molecule has 1 heterocycles. The van der Waals surface area contributed by atoms with Gasteiger partial charge in [-0.25, -0.2) is 4.79 Å². The van der Waals surface area contributed by atoms with E-state index in [0.29, 0.717) is 24.3 Å². The van der Waals surface area contributed by atoms with Crippen molar-refractivity contribution in [3.63, 3.8) is 0 Å². The van der Waals surface area contributed by atoms with E-state index in [1.54, 1.807) is 34.8 Å². The Kier molecular flexibility index (Phi) is 6.77. The number of anilines is 1. The molecule has 3 amide bonds. The summed E-state index contributed by atoms with van der Waals surface area (Å²) < 4.78 is 1.77. The number of nitrogens with one attached hydrogen (secondary N) is 2. The molecule has 0 fully saturated rings. The number of carbonyl (C=O) groups excluding carboxylic acids is 2. The van der Waals surface area contributed by atoms with Crippen molar-refractivity contribution in [1.29, 1.82) is 0 Å². The minimum atomic E-state index is -0.188. The number of aryl methyl sites for hydroxylation is 2. The van der Waals surface area contributed by atoms with E-state index in [0.717, 1.165) is 24.0 Å². The molecule has 0 radical (unpaired) electrons. The summed E-state index contributed by atoms with van der Waals surface area (Å²) in [5.41, 5.74) is 3.14. The molecule has 2 rings (SSSR count). The van der Waals surface area contributed by atoms with Crippen LogP contribution in [-0.2, 0) is 13.5 Å². The number of nitrogens with zero attached hydrogens (tertiary/aromatic N) is 3. The van der Waals surface area contributed by atoms with Gasteiger partial charge in [0, 0.05) is 44.6 Å². The van der Waals surface area contributed by atoms with Crippen LogP contribution in [0.1, 0.15) is 34.8 Å². The topological polar surface area (TPSA) is 79.3 Å². The van der Waals surface area contributed by atoms with Crippen LogP contribution < -0.4 is 10.6 Å². The summed E-state index contributed by atoms with van der Waals surface area (Å²) in [6, 6.07) is 5.15. The van der Waals surface area contributed by atoms with Gasteiger partial charge in [0.05, 0.1) is 6.20 Å². The fourth-order valence-corrected chi connectivity index (χ4v) is 2.71. The zero-order valence-corrected chi connectivity index (χ0v) is 15.9. The lowest BCUT2D eigenvalue weighted by molar-refractivity contribution is 0.0955. The van der Waals surface area contributed by atoms with Crippen LogP contribution in [0.2, 0.25) is 0 Å². The first kappa shape index (κ1) is 19.5. The Morgan fingerprint density at radius 2 is 2.08 bits per heavy atom. The summed E-state index contributed by atoms with van der Waals surface area (Å²) in [4.78, 5) is 26.1. The van der Waals surface area contributed by atoms with Gasteiger partial charge < -0.3 is 15.5 Å². The first-order chi connectivity index (χ1) is 12.4. The van der Waals surface area contributed by atoms with E-state index in [9.17, 15) is 9.59 Å². The Hall–Kier alpha value is -2.83. The van der Waals surface area contributed by atoms with Crippen LogP contribution in [0.25, 0.3) is 0 Å². The Labute approximate surface area is 154 Å². The average molecular weight is 357 g/mol. The van der Waals surface area contributed by atoms with Gasteiger partial charge in [0.2, 0.25) is 0 Å². The first-order valence-electron chi connectivity index (χ1n) is 8.79. The lowest BCUT2D eigenvalue weighted by Gasteiger charge is -2.19. The average Bonchev–Trinajstić information content (AvgIpc) is 3.02. The summed E-state index contributed by atoms with van der Waals surface area (Å²) in [6.45, 7) is 4.91. The molecule has 2 aromatic rings. The predicted octanol–water partition coefficient (Wildman–Crippen LogP) is 2.57. The van der Waals surface area contributed by atoms with Crippen molar-refractivity contribution >= 4 is 17.6 Å². The lowest BCUT2D eigenvalue weighted by Crippen LogP contribution is -2.32. The third kappa shape index (κ3) is 5.08. The standard InChI is InChI=1S/C19H27N5O2/c1-5-20-18(25)16-9-6-10-17(14(16)2)22-19(26)23(3)11-7-8-15-12-21-24(4)13-15/h6,9-10,12-13H,5,7-8,11H2,1-4H3,(H,20,25)(H,22,26). The molecule has 2 N–H and O–H groups in total. The van der Waals surface area contributed by atoms with Crippen LogP contribution >= 0.6 is 0 Å². The van der Waals surface area contributed by atoms with Crippen molar-refractivity contribution < 1.29 is 9.59 Å². The van der Waals surface area contributed by atoms with Crippen LogP contribution in [0.4, 0.5) is 10.5 Å². The maximum atomic E-state index is 12.4. The Balaban J connectivity index is 1.91. The van der Waals surface area contributed by atoms with Crippen molar-refractivity contribution in [2.45, 2.75) is 26.7 Å². The summed E-state index contributed by atoms with van der Waals surface area (Å²) in [5, 5.41) is 9.81. The molecule has 7 nitrogen and oxygen atoms in total. The van der Waals surface area contributed by atoms with Crippen molar-refractivity contribution in [2.24, 2.45) is 7.05 Å². The molecule has 140 valence electrons. The zero-order chi connectivity index (χ0) is 19.1. The highest BCUT2D eigenvalue weighted by Gasteiger charge is 2.14. The maximum Gasteiger partial charge on any atom is 0.321 e. The number of hydrogen-bond acceptors (Lipinski definition) is 3. The van der Waals surface area contributed by atoms with Gasteiger partial charge in [0.25, 0.3) is 5.91 Å². The minimum absolute atomic E-state index is 0.133. The first-order valence-corrected chi connectivity index (χ1v) is 8.79. The summed E-state index contributed by atoms with van der Waals surface area (Å²) >= 11 is 0. The van der Waals surface area contributed by atoms with Gasteiger partial charge in [-0.1, -0.05) is 6.07 Å². The second-order valence-electron chi connectivity index (χ2n) is 6.32. The maximum absolute atomic E-state index is 12.4. The third-order valence-electron chi connectivity index (χ3n) is 4.22. The number of amides is 3. The largest absolute Gasteiger partial charge is 0.352 e. The van der Waals surface area contributed by atoms with Crippen LogP contribution in [0.3, 0.4) is 0 Å². The van der Waals surface area contributed by atoms with E-state index >= 15 is 0 Å². The minimum Gasteiger partial charge on any atom is -0.352 e. The van der Waals surface area contributed by atoms with E-state index in [4.69, 9.17) is 0 Å². The lowest BCUT2D eigenvalue weighted by atomic mass is 10.1. The molecule has 0 atom stereocenters. The van der Waals surface area contributed by atoms with E-state index in [1.807, 2.05) is 33.3 Å². The number of benzene rings is 1. The van der Waals surface area contributed by atoms with E-state index in [1.165, 1.54) is 0 Å². The molecule has 0 bridgehead atoms. The van der Waals surface area contributed by atoms with Gasteiger partial charge in [-0.15, -0.1) is 0 Å². The smallest absolute Gasteiger partial charge is 0.321 e. The molecule has 0 aliphatic carbocycles. The normalized spacial score (nSPS) is 10.5. The molecule has 7 heteroatoms. The fraction of sp³-hybridized carbons (Fsp3) is 0.421. The number of rotatable bonds is 7. The molecular formula is C19H27N5O2. The predicted molar refractivity (Wildman–Crippen MR) is 102 cm³/mol. The Morgan fingerprint density at radius 3 is 2.73 bits per heavy atom. The molecular weight excluding hydrogens is 330 g/mol. The highest BCUT2D eigenvalue weighted by Crippen LogP contribution is 2.19. The van der Waals surface area contributed by atoms with Crippen LogP contribution in [0.5, 0.6) is 0 Å². The Bertz CT molecular complexity index is 769. The molecule has 0 unspecified atom stereocenters. The van der Waals surface area contributed by atoms with Crippen molar-refractivity contribution in [3.8, 4) is 0 Å². The van der Waals surface area contributed by atoms with Gasteiger partial charge in [-0.05, 0) is 49.9 Å². The van der Waals surface area contributed by atoms with E-state index in [-0.39, 0.29) is 11.9 Å². The fourth-order valence-electron chi connectivity index (χ4n) is 2.71. The van der Waals surface area contributed by atoms with Gasteiger partial charge in [-0.3, -0.25) is 9.48 Å². The summed E-state index contributed by atoms with van der Waals surface area (Å²) in [6.07, 6.45) is 5.55. The van der Waals surface area contributed by atoms with Gasteiger partial charge in [0.15, 0.2) is 0 Å². The van der Waals surface area contributed by atoms with Crippen LogP contribution in [0, 0.1) is 6.92 Å². The molecule has 0 aliphatic rings. The van der Waals surface area contributed by atoms with Crippen molar-refractivity contribution in [1.82, 2.24) is 20.0 Å². The summed E-state index contributed by atoms with van der Waals surface area (Å²) in [7, 11) is 3.65. The molecule has 0 aliphatic heterocycles. The highest BCUT2D eigenvalue weighted by atomic mass is 16.2.